The van der Waals surface area contributed by atoms with Crippen LogP contribution in [-0.2, 0) is 4.79 Å². The van der Waals surface area contributed by atoms with E-state index in [-0.39, 0.29) is 23.9 Å². The van der Waals surface area contributed by atoms with Gasteiger partial charge in [0, 0.05) is 11.6 Å². The second-order valence-corrected chi connectivity index (χ2v) is 6.07. The molecule has 0 aliphatic rings. The largest absolute Gasteiger partial charge is 0.497 e. The van der Waals surface area contributed by atoms with E-state index < -0.39 is 36.9 Å². The van der Waals surface area contributed by atoms with Crippen molar-refractivity contribution in [3.05, 3.63) is 23.8 Å². The minimum Gasteiger partial charge on any atom is -0.497 e. The fourth-order valence-electron chi connectivity index (χ4n) is 2.10. The van der Waals surface area contributed by atoms with Gasteiger partial charge in [-0.15, -0.1) is 12.4 Å². The third kappa shape index (κ3) is 7.56. The molecule has 0 radical (unpaired) electrons. The molecule has 27 heavy (non-hydrogen) atoms. The standard InChI is InChI=1S/C17H25F2N3O4.ClH/c1-10(2)14(16(24)21-9-17(18,19)8-20)22-15(23)11-5-12(25-3)7-13(6-11)26-4;/h5-7,10,14H,8-9,20H2,1-4H3,(H,21,24)(H,22,23);1H. The molecule has 10 heteroatoms. The molecule has 1 unspecified atom stereocenters. The summed E-state index contributed by atoms with van der Waals surface area (Å²) in [5.41, 5.74) is 5.16. The van der Waals surface area contributed by atoms with Crippen LogP contribution in [0.5, 0.6) is 11.5 Å². The summed E-state index contributed by atoms with van der Waals surface area (Å²) in [6, 6.07) is 3.57. The molecule has 0 heterocycles. The Kier molecular flexibility index (Phi) is 10.0. The van der Waals surface area contributed by atoms with Crippen molar-refractivity contribution >= 4 is 24.2 Å². The van der Waals surface area contributed by atoms with Gasteiger partial charge in [-0.3, -0.25) is 9.59 Å². The molecule has 0 fully saturated rings. The number of carbonyl (C=O) groups is 2. The van der Waals surface area contributed by atoms with E-state index in [9.17, 15) is 18.4 Å². The van der Waals surface area contributed by atoms with Crippen LogP contribution in [0.1, 0.15) is 24.2 Å². The lowest BCUT2D eigenvalue weighted by molar-refractivity contribution is -0.125. The number of amides is 2. The van der Waals surface area contributed by atoms with Gasteiger partial charge < -0.3 is 25.8 Å². The van der Waals surface area contributed by atoms with E-state index in [1.54, 1.807) is 19.9 Å². The van der Waals surface area contributed by atoms with E-state index >= 15 is 0 Å². The quantitative estimate of drug-likeness (QED) is 0.574. The zero-order valence-corrected chi connectivity index (χ0v) is 16.5. The first-order valence-corrected chi connectivity index (χ1v) is 8.03. The molecule has 7 nitrogen and oxygen atoms in total. The predicted molar refractivity (Wildman–Crippen MR) is 99.9 cm³/mol. The first kappa shape index (κ1) is 24.9. The fourth-order valence-corrected chi connectivity index (χ4v) is 2.10. The Morgan fingerprint density at radius 1 is 1.15 bits per heavy atom. The predicted octanol–water partition coefficient (Wildman–Crippen LogP) is 1.59. The maximum Gasteiger partial charge on any atom is 0.277 e. The number of ether oxygens (including phenoxy) is 2. The highest BCUT2D eigenvalue weighted by Crippen LogP contribution is 2.22. The Morgan fingerprint density at radius 2 is 1.67 bits per heavy atom. The zero-order valence-electron chi connectivity index (χ0n) is 15.7. The maximum atomic E-state index is 13.2. The molecule has 0 aliphatic carbocycles. The van der Waals surface area contributed by atoms with E-state index in [2.05, 4.69) is 10.6 Å². The Morgan fingerprint density at radius 3 is 2.07 bits per heavy atom. The van der Waals surface area contributed by atoms with Crippen LogP contribution in [-0.4, -0.2) is 51.1 Å². The summed E-state index contributed by atoms with van der Waals surface area (Å²) in [6.45, 7) is 1.61. The van der Waals surface area contributed by atoms with Gasteiger partial charge >= 0.3 is 0 Å². The highest BCUT2D eigenvalue weighted by Gasteiger charge is 2.31. The molecule has 1 rings (SSSR count). The summed E-state index contributed by atoms with van der Waals surface area (Å²) in [6.07, 6.45) is 0. The van der Waals surface area contributed by atoms with Crippen molar-refractivity contribution < 1.29 is 27.8 Å². The molecule has 0 aliphatic heterocycles. The van der Waals surface area contributed by atoms with Crippen LogP contribution in [0.15, 0.2) is 18.2 Å². The average Bonchev–Trinajstić information content (AvgIpc) is 2.63. The van der Waals surface area contributed by atoms with Gasteiger partial charge in [-0.05, 0) is 18.1 Å². The lowest BCUT2D eigenvalue weighted by Crippen LogP contribution is -2.52. The lowest BCUT2D eigenvalue weighted by Gasteiger charge is -2.23. The molecule has 2 amide bonds. The van der Waals surface area contributed by atoms with Gasteiger partial charge in [-0.25, -0.2) is 8.78 Å². The smallest absolute Gasteiger partial charge is 0.277 e. The second-order valence-electron chi connectivity index (χ2n) is 6.07. The molecule has 4 N–H and O–H groups in total. The summed E-state index contributed by atoms with van der Waals surface area (Å²) < 4.78 is 36.6. The molecule has 0 bridgehead atoms. The molecular formula is C17H26ClF2N3O4. The van der Waals surface area contributed by atoms with Crippen molar-refractivity contribution in [3.63, 3.8) is 0 Å². The van der Waals surface area contributed by atoms with E-state index in [4.69, 9.17) is 15.2 Å². The van der Waals surface area contributed by atoms with Crippen LogP contribution >= 0.6 is 12.4 Å². The minimum atomic E-state index is -3.21. The van der Waals surface area contributed by atoms with Crippen LogP contribution in [0.25, 0.3) is 0 Å². The van der Waals surface area contributed by atoms with Gasteiger partial charge in [0.15, 0.2) is 0 Å². The number of hydrogen-bond acceptors (Lipinski definition) is 5. The number of rotatable bonds is 9. The Bertz CT molecular complexity index is 622. The third-order valence-electron chi connectivity index (χ3n) is 3.67. The molecule has 0 spiro atoms. The first-order chi connectivity index (χ1) is 12.1. The molecule has 0 aromatic heterocycles. The van der Waals surface area contributed by atoms with Gasteiger partial charge in [-0.1, -0.05) is 13.8 Å². The van der Waals surface area contributed by atoms with E-state index in [1.165, 1.54) is 26.4 Å². The summed E-state index contributed by atoms with van der Waals surface area (Å²) in [4.78, 5) is 24.7. The molecule has 0 saturated carbocycles. The summed E-state index contributed by atoms with van der Waals surface area (Å²) >= 11 is 0. The summed E-state index contributed by atoms with van der Waals surface area (Å²) in [7, 11) is 2.89. The van der Waals surface area contributed by atoms with Crippen molar-refractivity contribution in [2.24, 2.45) is 11.7 Å². The number of nitrogens with two attached hydrogens (primary N) is 1. The Hall–Kier alpha value is -2.13. The van der Waals surface area contributed by atoms with Crippen molar-refractivity contribution in [1.29, 1.82) is 0 Å². The molecule has 1 aromatic carbocycles. The SMILES string of the molecule is COc1cc(OC)cc(C(=O)NC(C(=O)NCC(F)(F)CN)C(C)C)c1.Cl. The van der Waals surface area contributed by atoms with Crippen LogP contribution in [0.4, 0.5) is 8.78 Å². The number of nitrogens with one attached hydrogen (secondary N) is 2. The number of hydrogen-bond donors (Lipinski definition) is 3. The molecule has 0 saturated heterocycles. The zero-order chi connectivity index (χ0) is 19.9. The van der Waals surface area contributed by atoms with Crippen LogP contribution in [0.3, 0.4) is 0 Å². The molecule has 1 aromatic rings. The molecule has 154 valence electrons. The van der Waals surface area contributed by atoms with Gasteiger partial charge in [0.1, 0.15) is 17.5 Å². The maximum absolute atomic E-state index is 13.2. The molecule has 1 atom stereocenters. The van der Waals surface area contributed by atoms with Crippen molar-refractivity contribution in [3.8, 4) is 11.5 Å². The van der Waals surface area contributed by atoms with Crippen LogP contribution in [0, 0.1) is 5.92 Å². The highest BCUT2D eigenvalue weighted by atomic mass is 35.5. The van der Waals surface area contributed by atoms with Gasteiger partial charge in [-0.2, -0.15) is 0 Å². The van der Waals surface area contributed by atoms with Crippen LogP contribution in [0.2, 0.25) is 0 Å². The normalized spacial score (nSPS) is 12.0. The van der Waals surface area contributed by atoms with E-state index in [1.807, 2.05) is 0 Å². The van der Waals surface area contributed by atoms with Gasteiger partial charge in [0.2, 0.25) is 5.91 Å². The van der Waals surface area contributed by atoms with Crippen molar-refractivity contribution in [2.75, 3.05) is 27.3 Å². The number of alkyl halides is 2. The first-order valence-electron chi connectivity index (χ1n) is 8.03. The van der Waals surface area contributed by atoms with E-state index in [0.29, 0.717) is 11.5 Å². The topological polar surface area (TPSA) is 103 Å². The van der Waals surface area contributed by atoms with Gasteiger partial charge in [0.25, 0.3) is 11.8 Å². The van der Waals surface area contributed by atoms with Crippen molar-refractivity contribution in [1.82, 2.24) is 10.6 Å². The Balaban J connectivity index is 0.00000676. The fraction of sp³-hybridized carbons (Fsp3) is 0.529. The van der Waals surface area contributed by atoms with Crippen molar-refractivity contribution in [2.45, 2.75) is 25.8 Å². The van der Waals surface area contributed by atoms with E-state index in [0.717, 1.165) is 0 Å². The molecular weight excluding hydrogens is 384 g/mol. The Labute approximate surface area is 163 Å². The number of carbonyl (C=O) groups excluding carboxylic acids is 2. The summed E-state index contributed by atoms with van der Waals surface area (Å²) in [5.74, 6) is -3.98. The highest BCUT2D eigenvalue weighted by molar-refractivity contribution is 5.98. The lowest BCUT2D eigenvalue weighted by atomic mass is 10.0. The minimum absolute atomic E-state index is 0. The number of benzene rings is 1. The number of methoxy groups -OCH3 is 2. The second kappa shape index (κ2) is 10.9. The number of halogens is 3. The average molecular weight is 410 g/mol. The van der Waals surface area contributed by atoms with Gasteiger partial charge in [0.05, 0.1) is 27.3 Å². The third-order valence-corrected chi connectivity index (χ3v) is 3.67. The van der Waals surface area contributed by atoms with Crippen LogP contribution < -0.4 is 25.8 Å². The monoisotopic (exact) mass is 409 g/mol. The summed E-state index contributed by atoms with van der Waals surface area (Å²) in [5, 5.41) is 4.68.